The first kappa shape index (κ1) is 16.1. The van der Waals surface area contributed by atoms with Crippen LogP contribution in [0.5, 0.6) is 5.75 Å². The van der Waals surface area contributed by atoms with Gasteiger partial charge < -0.3 is 15.2 Å². The van der Waals surface area contributed by atoms with Crippen molar-refractivity contribution in [2.24, 2.45) is 5.92 Å². The summed E-state index contributed by atoms with van der Waals surface area (Å²) in [5, 5.41) is 11.9. The minimum atomic E-state index is -1.04. The number of carboxylic acid groups (broad SMARTS) is 1. The molecule has 1 aromatic rings. The Morgan fingerprint density at radius 1 is 1.41 bits per heavy atom. The lowest BCUT2D eigenvalue weighted by Crippen LogP contribution is -2.17. The van der Waals surface area contributed by atoms with Gasteiger partial charge in [-0.3, -0.25) is 4.79 Å². The Hall–Kier alpha value is -2.30. The average molecular weight is 303 g/mol. The molecule has 0 bridgehead atoms. The van der Waals surface area contributed by atoms with Crippen molar-refractivity contribution in [3.05, 3.63) is 35.9 Å². The minimum absolute atomic E-state index is 0.0657. The molecule has 1 aliphatic carbocycles. The summed E-state index contributed by atoms with van der Waals surface area (Å²) in [6.07, 6.45) is 6.46. The van der Waals surface area contributed by atoms with Gasteiger partial charge in [-0.05, 0) is 50.8 Å². The van der Waals surface area contributed by atoms with Crippen LogP contribution in [0.3, 0.4) is 0 Å². The molecule has 0 saturated heterocycles. The van der Waals surface area contributed by atoms with E-state index >= 15 is 0 Å². The minimum Gasteiger partial charge on any atom is -0.489 e. The second-order valence-corrected chi connectivity index (χ2v) is 5.70. The molecule has 5 nitrogen and oxygen atoms in total. The van der Waals surface area contributed by atoms with E-state index in [-0.39, 0.29) is 23.5 Å². The van der Waals surface area contributed by atoms with Crippen LogP contribution in [0.2, 0.25) is 0 Å². The second-order valence-electron chi connectivity index (χ2n) is 5.70. The van der Waals surface area contributed by atoms with E-state index in [1.807, 2.05) is 13.8 Å². The molecule has 118 valence electrons. The zero-order valence-corrected chi connectivity index (χ0v) is 12.8. The van der Waals surface area contributed by atoms with Crippen LogP contribution in [0.25, 0.3) is 0 Å². The molecular weight excluding hydrogens is 282 g/mol. The maximum Gasteiger partial charge on any atom is 0.335 e. The largest absolute Gasteiger partial charge is 0.489 e. The number of rotatable bonds is 6. The molecule has 2 N–H and O–H groups in total. The molecule has 0 spiro atoms. The third-order valence-corrected chi connectivity index (χ3v) is 3.42. The van der Waals surface area contributed by atoms with E-state index in [0.717, 1.165) is 12.8 Å². The quantitative estimate of drug-likeness (QED) is 0.789. The Balaban J connectivity index is 2.14. The fourth-order valence-corrected chi connectivity index (χ4v) is 2.42. The van der Waals surface area contributed by atoms with Gasteiger partial charge in [-0.1, -0.05) is 12.2 Å². The fraction of sp³-hybridized carbons (Fsp3) is 0.412. The van der Waals surface area contributed by atoms with E-state index in [2.05, 4.69) is 17.5 Å². The van der Waals surface area contributed by atoms with E-state index in [1.54, 1.807) is 6.07 Å². The van der Waals surface area contributed by atoms with Crippen molar-refractivity contribution >= 4 is 17.6 Å². The standard InChI is InChI=1S/C17H21NO4/c1-11(2)22-15-8-7-13(17(20)21)10-14(15)18-16(19)9-12-5-3-4-6-12/h3,5,7-8,10-12H,4,6,9H2,1-2H3,(H,18,19)(H,20,21). The number of amides is 1. The van der Waals surface area contributed by atoms with Gasteiger partial charge >= 0.3 is 5.97 Å². The van der Waals surface area contributed by atoms with Crippen molar-refractivity contribution in [3.8, 4) is 5.75 Å². The molecule has 2 rings (SSSR count). The van der Waals surface area contributed by atoms with E-state index in [1.165, 1.54) is 12.1 Å². The number of hydrogen-bond acceptors (Lipinski definition) is 3. The normalized spacial score (nSPS) is 16.8. The summed E-state index contributed by atoms with van der Waals surface area (Å²) in [7, 11) is 0. The van der Waals surface area contributed by atoms with Gasteiger partial charge in [-0.25, -0.2) is 4.79 Å². The number of anilines is 1. The van der Waals surface area contributed by atoms with Gasteiger partial charge in [0.1, 0.15) is 5.75 Å². The van der Waals surface area contributed by atoms with E-state index in [0.29, 0.717) is 17.9 Å². The third-order valence-electron chi connectivity index (χ3n) is 3.42. The highest BCUT2D eigenvalue weighted by Crippen LogP contribution is 2.28. The summed E-state index contributed by atoms with van der Waals surface area (Å²) in [5.41, 5.74) is 0.521. The molecular formula is C17H21NO4. The van der Waals surface area contributed by atoms with Crippen LogP contribution >= 0.6 is 0 Å². The predicted octanol–water partition coefficient (Wildman–Crippen LogP) is 3.47. The van der Waals surface area contributed by atoms with Crippen LogP contribution in [0.4, 0.5) is 5.69 Å². The molecule has 1 unspecified atom stereocenters. The Kier molecular flexibility index (Phi) is 5.20. The first-order valence-corrected chi connectivity index (χ1v) is 7.46. The number of carbonyl (C=O) groups is 2. The van der Waals surface area contributed by atoms with Gasteiger partial charge in [-0.2, -0.15) is 0 Å². The first-order chi connectivity index (χ1) is 10.5. The molecule has 0 fully saturated rings. The highest BCUT2D eigenvalue weighted by atomic mass is 16.5. The van der Waals surface area contributed by atoms with Crippen LogP contribution in [-0.2, 0) is 4.79 Å². The second kappa shape index (κ2) is 7.11. The molecule has 5 heteroatoms. The van der Waals surface area contributed by atoms with E-state index < -0.39 is 5.97 Å². The zero-order chi connectivity index (χ0) is 16.1. The highest BCUT2D eigenvalue weighted by Gasteiger charge is 2.17. The predicted molar refractivity (Wildman–Crippen MR) is 84.3 cm³/mol. The molecule has 1 atom stereocenters. The molecule has 0 radical (unpaired) electrons. The van der Waals surface area contributed by atoms with Crippen molar-refractivity contribution in [2.45, 2.75) is 39.2 Å². The SMILES string of the molecule is CC(C)Oc1ccc(C(=O)O)cc1NC(=O)CC1C=CCC1. The summed E-state index contributed by atoms with van der Waals surface area (Å²) in [5.74, 6) is -0.426. The highest BCUT2D eigenvalue weighted by molar-refractivity contribution is 5.95. The van der Waals surface area contributed by atoms with Crippen LogP contribution in [0.1, 0.15) is 43.5 Å². The zero-order valence-electron chi connectivity index (χ0n) is 12.8. The van der Waals surface area contributed by atoms with E-state index in [4.69, 9.17) is 9.84 Å². The van der Waals surface area contributed by atoms with Gasteiger partial charge in [0.25, 0.3) is 0 Å². The number of carbonyl (C=O) groups excluding carboxylic acids is 1. The summed E-state index contributed by atoms with van der Waals surface area (Å²) in [4.78, 5) is 23.2. The van der Waals surface area contributed by atoms with Crippen LogP contribution in [-0.4, -0.2) is 23.1 Å². The smallest absolute Gasteiger partial charge is 0.335 e. The van der Waals surface area contributed by atoms with Gasteiger partial charge in [0.05, 0.1) is 17.4 Å². The molecule has 22 heavy (non-hydrogen) atoms. The summed E-state index contributed by atoms with van der Waals surface area (Å²) >= 11 is 0. The summed E-state index contributed by atoms with van der Waals surface area (Å²) in [6, 6.07) is 4.48. The van der Waals surface area contributed by atoms with Crippen molar-refractivity contribution < 1.29 is 19.4 Å². The fourth-order valence-electron chi connectivity index (χ4n) is 2.42. The number of benzene rings is 1. The van der Waals surface area contributed by atoms with Crippen molar-refractivity contribution in [1.82, 2.24) is 0 Å². The number of allylic oxidation sites excluding steroid dienone is 2. The van der Waals surface area contributed by atoms with Gasteiger partial charge in [0, 0.05) is 6.42 Å². The third kappa shape index (κ3) is 4.35. The lowest BCUT2D eigenvalue weighted by molar-refractivity contribution is -0.116. The number of ether oxygens (including phenoxy) is 1. The lowest BCUT2D eigenvalue weighted by Gasteiger charge is -2.16. The molecule has 0 heterocycles. The van der Waals surface area contributed by atoms with E-state index in [9.17, 15) is 9.59 Å². The number of aromatic carboxylic acids is 1. The summed E-state index contributed by atoms with van der Waals surface area (Å²) < 4.78 is 5.63. The Labute approximate surface area is 130 Å². The average Bonchev–Trinajstić information content (AvgIpc) is 2.92. The van der Waals surface area contributed by atoms with Crippen LogP contribution in [0, 0.1) is 5.92 Å². The van der Waals surface area contributed by atoms with Gasteiger partial charge in [-0.15, -0.1) is 0 Å². The molecule has 1 aliphatic rings. The first-order valence-electron chi connectivity index (χ1n) is 7.46. The van der Waals surface area contributed by atoms with Gasteiger partial charge in [0.2, 0.25) is 5.91 Å². The Morgan fingerprint density at radius 2 is 2.18 bits per heavy atom. The Bertz CT molecular complexity index is 592. The van der Waals surface area contributed by atoms with Crippen LogP contribution in [0.15, 0.2) is 30.4 Å². The summed E-state index contributed by atoms with van der Waals surface area (Å²) in [6.45, 7) is 3.75. The molecule has 0 aliphatic heterocycles. The maximum atomic E-state index is 12.1. The molecule has 0 saturated carbocycles. The molecule has 0 aromatic heterocycles. The maximum absolute atomic E-state index is 12.1. The Morgan fingerprint density at radius 3 is 2.77 bits per heavy atom. The van der Waals surface area contributed by atoms with Crippen molar-refractivity contribution in [3.63, 3.8) is 0 Å². The topological polar surface area (TPSA) is 75.6 Å². The van der Waals surface area contributed by atoms with Crippen molar-refractivity contribution in [2.75, 3.05) is 5.32 Å². The molecule has 1 amide bonds. The van der Waals surface area contributed by atoms with Crippen molar-refractivity contribution in [1.29, 1.82) is 0 Å². The number of carboxylic acids is 1. The molecule has 1 aromatic carbocycles. The monoisotopic (exact) mass is 303 g/mol. The number of nitrogens with one attached hydrogen (secondary N) is 1. The van der Waals surface area contributed by atoms with Gasteiger partial charge in [0.15, 0.2) is 0 Å². The lowest BCUT2D eigenvalue weighted by atomic mass is 10.0. The van der Waals surface area contributed by atoms with Crippen LogP contribution < -0.4 is 10.1 Å². The number of hydrogen-bond donors (Lipinski definition) is 2.